The number of hydrogen-bond acceptors (Lipinski definition) is 7. The summed E-state index contributed by atoms with van der Waals surface area (Å²) in [5.74, 6) is -0.0701. The number of benzene rings is 2. The number of nitrogens with zero attached hydrogens (tertiary/aromatic N) is 4. The zero-order valence-electron chi connectivity index (χ0n) is 26.8. The number of carbonyl (C=O) groups is 3. The lowest BCUT2D eigenvalue weighted by molar-refractivity contribution is -0.132. The highest BCUT2D eigenvalue weighted by Crippen LogP contribution is 2.47. The lowest BCUT2D eigenvalue weighted by atomic mass is 9.79. The Kier molecular flexibility index (Phi) is 8.11. The van der Waals surface area contributed by atoms with Crippen LogP contribution in [0.4, 0.5) is 5.82 Å². The molecular weight excluding hydrogens is 596 g/mol. The van der Waals surface area contributed by atoms with Crippen LogP contribution < -0.4 is 10.6 Å². The average Bonchev–Trinajstić information content (AvgIpc) is 3.71. The molecule has 4 aromatic rings. The van der Waals surface area contributed by atoms with E-state index in [0.29, 0.717) is 63.6 Å². The first-order valence-corrected chi connectivity index (χ1v) is 15.9. The number of nitrogens with one attached hydrogen (secondary N) is 2. The molecule has 5 bridgehead atoms. The molecule has 0 fully saturated rings. The van der Waals surface area contributed by atoms with Gasteiger partial charge in [0.1, 0.15) is 11.9 Å². The molecule has 2 aliphatic heterocycles. The van der Waals surface area contributed by atoms with Crippen LogP contribution >= 0.6 is 0 Å². The molecule has 242 valence electrons. The van der Waals surface area contributed by atoms with E-state index in [2.05, 4.69) is 20.7 Å². The third kappa shape index (κ3) is 5.81. The Morgan fingerprint density at radius 2 is 1.81 bits per heavy atom. The molecule has 11 heteroatoms. The molecule has 1 spiro atoms. The Hall–Kier alpha value is -4.87. The number of anilines is 1. The van der Waals surface area contributed by atoms with Crippen molar-refractivity contribution in [2.45, 2.75) is 37.6 Å². The Balaban J connectivity index is 1.20. The van der Waals surface area contributed by atoms with E-state index in [4.69, 9.17) is 9.47 Å². The molecule has 3 aliphatic rings. The van der Waals surface area contributed by atoms with E-state index in [1.54, 1.807) is 24.2 Å². The summed E-state index contributed by atoms with van der Waals surface area (Å²) >= 11 is 0. The van der Waals surface area contributed by atoms with Crippen molar-refractivity contribution >= 4 is 40.5 Å². The fourth-order valence-corrected chi connectivity index (χ4v) is 7.11. The number of fused-ring (bicyclic) bond motifs is 3. The van der Waals surface area contributed by atoms with Crippen LogP contribution in [-0.2, 0) is 50.8 Å². The van der Waals surface area contributed by atoms with Gasteiger partial charge >= 0.3 is 0 Å². The highest BCUT2D eigenvalue weighted by molar-refractivity contribution is 6.06. The summed E-state index contributed by atoms with van der Waals surface area (Å²) in [5.41, 5.74) is 6.35. The van der Waals surface area contributed by atoms with Gasteiger partial charge < -0.3 is 25.0 Å². The zero-order valence-corrected chi connectivity index (χ0v) is 26.8. The molecule has 7 rings (SSSR count). The number of likely N-dealkylation sites (N-methyl/N-ethyl adjacent to an activating group) is 1. The van der Waals surface area contributed by atoms with Crippen molar-refractivity contribution in [1.29, 1.82) is 0 Å². The monoisotopic (exact) mass is 634 g/mol. The van der Waals surface area contributed by atoms with E-state index in [1.807, 2.05) is 67.3 Å². The second kappa shape index (κ2) is 12.4. The SMILES string of the molecule is Cc1cc(C[C@H]2NC(=O)c3ccc4c(c3)C[C@]3(C4)C(=O)Nc4ncc(cc43)/C=C/COCCOCCN(C)C2=O)cc2cnn(C)c12. The van der Waals surface area contributed by atoms with Crippen LogP contribution in [0.15, 0.2) is 54.9 Å². The molecule has 0 saturated heterocycles. The molecule has 3 amide bonds. The average molecular weight is 635 g/mol. The van der Waals surface area contributed by atoms with Crippen molar-refractivity contribution in [3.8, 4) is 0 Å². The third-order valence-corrected chi connectivity index (χ3v) is 9.51. The molecule has 2 aromatic heterocycles. The molecule has 2 aromatic carbocycles. The zero-order chi connectivity index (χ0) is 32.7. The van der Waals surface area contributed by atoms with Gasteiger partial charge in [0, 0.05) is 49.8 Å². The highest BCUT2D eigenvalue weighted by atomic mass is 16.5. The van der Waals surface area contributed by atoms with Gasteiger partial charge in [-0.15, -0.1) is 0 Å². The van der Waals surface area contributed by atoms with Crippen LogP contribution in [0, 0.1) is 6.92 Å². The van der Waals surface area contributed by atoms with Gasteiger partial charge in [0.2, 0.25) is 11.8 Å². The molecule has 1 aliphatic carbocycles. The van der Waals surface area contributed by atoms with E-state index in [-0.39, 0.29) is 17.7 Å². The topological polar surface area (TPSA) is 128 Å². The number of aromatic nitrogens is 3. The van der Waals surface area contributed by atoms with Gasteiger partial charge in [-0.25, -0.2) is 4.98 Å². The minimum absolute atomic E-state index is 0.0873. The predicted octanol–water partition coefficient (Wildman–Crippen LogP) is 3.12. The fraction of sp³-hybridized carbons (Fsp3) is 0.361. The van der Waals surface area contributed by atoms with Crippen LogP contribution in [-0.4, -0.2) is 83.4 Å². The molecular formula is C36H38N6O5. The first-order chi connectivity index (χ1) is 22.7. The molecule has 0 radical (unpaired) electrons. The van der Waals surface area contributed by atoms with Gasteiger partial charge in [-0.2, -0.15) is 5.10 Å². The number of rotatable bonds is 2. The van der Waals surface area contributed by atoms with Crippen LogP contribution in [0.25, 0.3) is 17.0 Å². The highest BCUT2D eigenvalue weighted by Gasteiger charge is 2.51. The van der Waals surface area contributed by atoms with Crippen LogP contribution in [0.2, 0.25) is 0 Å². The van der Waals surface area contributed by atoms with Gasteiger partial charge in [0.25, 0.3) is 5.91 Å². The number of hydrogen-bond donors (Lipinski definition) is 2. The van der Waals surface area contributed by atoms with Gasteiger partial charge in [-0.1, -0.05) is 24.3 Å². The summed E-state index contributed by atoms with van der Waals surface area (Å²) in [7, 11) is 3.63. The van der Waals surface area contributed by atoms with Gasteiger partial charge in [0.15, 0.2) is 0 Å². The molecule has 2 atom stereocenters. The normalized spacial score (nSPS) is 22.6. The summed E-state index contributed by atoms with van der Waals surface area (Å²) in [4.78, 5) is 47.3. The van der Waals surface area contributed by atoms with Crippen LogP contribution in [0.3, 0.4) is 0 Å². The molecule has 2 N–H and O–H groups in total. The Morgan fingerprint density at radius 3 is 2.68 bits per heavy atom. The van der Waals surface area contributed by atoms with Crippen molar-refractivity contribution in [3.63, 3.8) is 0 Å². The van der Waals surface area contributed by atoms with Crippen molar-refractivity contribution in [1.82, 2.24) is 25.0 Å². The Morgan fingerprint density at radius 1 is 0.979 bits per heavy atom. The summed E-state index contributed by atoms with van der Waals surface area (Å²) in [6.45, 7) is 3.91. The molecule has 11 nitrogen and oxygen atoms in total. The second-order valence-electron chi connectivity index (χ2n) is 12.7. The molecule has 4 heterocycles. The van der Waals surface area contributed by atoms with Crippen molar-refractivity contribution in [2.75, 3.05) is 45.3 Å². The standard InChI is InChI=1S/C36H38N6O5/c1-22-13-24(14-28-21-38-42(3)31(22)28)16-30-34(44)41(2)8-10-47-12-11-46-9-4-5-23-15-29-32(37-20-23)40-35(45)36(29)18-26-7-6-25(33(43)39-30)17-27(26)19-36/h4-7,13-15,17,20-21,30H,8-12,16,18-19H2,1-3H3,(H,39,43)(H,37,40,45)/b5-4+/t30-,36+/m1/s1. The molecule has 0 unspecified atom stereocenters. The smallest absolute Gasteiger partial charge is 0.251 e. The molecule has 0 saturated carbocycles. The number of ether oxygens (including phenoxy) is 2. The predicted molar refractivity (Wildman–Crippen MR) is 177 cm³/mol. The van der Waals surface area contributed by atoms with E-state index < -0.39 is 11.5 Å². The Bertz CT molecular complexity index is 1930. The summed E-state index contributed by atoms with van der Waals surface area (Å²) in [6.07, 6.45) is 8.69. The van der Waals surface area contributed by atoms with Crippen molar-refractivity contribution < 1.29 is 23.9 Å². The number of pyridine rings is 1. The van der Waals surface area contributed by atoms with Gasteiger partial charge in [-0.05, 0) is 71.8 Å². The van der Waals surface area contributed by atoms with E-state index in [9.17, 15) is 14.4 Å². The summed E-state index contributed by atoms with van der Waals surface area (Å²) in [6, 6.07) is 10.8. The minimum Gasteiger partial charge on any atom is -0.377 e. The number of amides is 3. The van der Waals surface area contributed by atoms with E-state index in [0.717, 1.165) is 44.3 Å². The van der Waals surface area contributed by atoms with E-state index in [1.165, 1.54) is 0 Å². The number of aryl methyl sites for hydroxylation is 2. The summed E-state index contributed by atoms with van der Waals surface area (Å²) < 4.78 is 13.3. The van der Waals surface area contributed by atoms with Gasteiger partial charge in [-0.3, -0.25) is 19.1 Å². The number of carbonyl (C=O) groups excluding carboxylic acids is 3. The van der Waals surface area contributed by atoms with E-state index >= 15 is 0 Å². The maximum absolute atomic E-state index is 13.8. The minimum atomic E-state index is -0.814. The summed E-state index contributed by atoms with van der Waals surface area (Å²) in [5, 5.41) is 11.4. The largest absolute Gasteiger partial charge is 0.377 e. The lowest BCUT2D eigenvalue weighted by Crippen LogP contribution is -2.49. The Labute approximate surface area is 272 Å². The fourth-order valence-electron chi connectivity index (χ4n) is 7.11. The quantitative estimate of drug-likeness (QED) is 0.347. The van der Waals surface area contributed by atoms with Crippen molar-refractivity contribution in [2.24, 2.45) is 7.05 Å². The lowest BCUT2D eigenvalue weighted by Gasteiger charge is -2.25. The van der Waals surface area contributed by atoms with Crippen LogP contribution in [0.5, 0.6) is 0 Å². The third-order valence-electron chi connectivity index (χ3n) is 9.51. The maximum atomic E-state index is 13.8. The maximum Gasteiger partial charge on any atom is 0.251 e. The second-order valence-corrected chi connectivity index (χ2v) is 12.7. The molecule has 47 heavy (non-hydrogen) atoms. The first kappa shape index (κ1) is 30.8. The van der Waals surface area contributed by atoms with Crippen molar-refractivity contribution in [3.05, 3.63) is 93.8 Å². The first-order valence-electron chi connectivity index (χ1n) is 15.9. The van der Waals surface area contributed by atoms with Gasteiger partial charge in [0.05, 0.1) is 43.6 Å². The van der Waals surface area contributed by atoms with Crippen LogP contribution in [0.1, 0.15) is 43.7 Å².